The molecule has 0 aromatic carbocycles. The summed E-state index contributed by atoms with van der Waals surface area (Å²) in [6, 6.07) is 3.21. The van der Waals surface area contributed by atoms with Crippen LogP contribution in [0.3, 0.4) is 0 Å². The molecular formula is C11H15N3O3S2. The van der Waals surface area contributed by atoms with Crippen LogP contribution in [0.2, 0.25) is 0 Å². The van der Waals surface area contributed by atoms with Crippen molar-refractivity contribution in [3.8, 4) is 0 Å². The highest BCUT2D eigenvalue weighted by molar-refractivity contribution is 7.91. The van der Waals surface area contributed by atoms with Crippen LogP contribution in [0.5, 0.6) is 0 Å². The standard InChI is InChI=1S/C11H15N3O3S2/c15-10-12-8-11(13-10)3-5-14(6-4-11)19(16,17)9-2-1-7-18-9/h1-2,7H,3-6,8H2,(H2,12,13,15). The summed E-state index contributed by atoms with van der Waals surface area (Å²) < 4.78 is 26.6. The van der Waals surface area contributed by atoms with E-state index in [1.165, 1.54) is 15.6 Å². The first-order chi connectivity index (χ1) is 9.02. The van der Waals surface area contributed by atoms with E-state index in [1.807, 2.05) is 0 Å². The number of urea groups is 1. The van der Waals surface area contributed by atoms with Gasteiger partial charge in [0.05, 0.1) is 5.54 Å². The summed E-state index contributed by atoms with van der Waals surface area (Å²) in [7, 11) is -3.36. The Morgan fingerprint density at radius 3 is 2.58 bits per heavy atom. The molecule has 2 aliphatic rings. The molecular weight excluding hydrogens is 286 g/mol. The lowest BCUT2D eigenvalue weighted by molar-refractivity contribution is 0.217. The Morgan fingerprint density at radius 1 is 1.32 bits per heavy atom. The van der Waals surface area contributed by atoms with Gasteiger partial charge in [0.1, 0.15) is 4.21 Å². The van der Waals surface area contributed by atoms with Gasteiger partial charge in [0, 0.05) is 19.6 Å². The maximum atomic E-state index is 12.3. The van der Waals surface area contributed by atoms with Gasteiger partial charge < -0.3 is 10.6 Å². The molecule has 0 radical (unpaired) electrons. The van der Waals surface area contributed by atoms with Gasteiger partial charge in [-0.2, -0.15) is 4.31 Å². The van der Waals surface area contributed by atoms with E-state index in [1.54, 1.807) is 17.5 Å². The Hall–Kier alpha value is -1.12. The largest absolute Gasteiger partial charge is 0.336 e. The molecule has 2 amide bonds. The quantitative estimate of drug-likeness (QED) is 0.839. The molecule has 2 fully saturated rings. The Bertz CT molecular complexity index is 574. The predicted octanol–water partition coefficient (Wildman–Crippen LogP) is 0.584. The number of carbonyl (C=O) groups excluding carboxylic acids is 1. The van der Waals surface area contributed by atoms with E-state index in [0.29, 0.717) is 36.7 Å². The van der Waals surface area contributed by atoms with Gasteiger partial charge in [0.2, 0.25) is 0 Å². The van der Waals surface area contributed by atoms with Gasteiger partial charge in [0.25, 0.3) is 10.0 Å². The van der Waals surface area contributed by atoms with Gasteiger partial charge in [-0.3, -0.25) is 0 Å². The predicted molar refractivity (Wildman–Crippen MR) is 71.6 cm³/mol. The van der Waals surface area contributed by atoms with Crippen molar-refractivity contribution in [2.45, 2.75) is 22.6 Å². The molecule has 19 heavy (non-hydrogen) atoms. The molecule has 104 valence electrons. The monoisotopic (exact) mass is 301 g/mol. The second kappa shape index (κ2) is 4.46. The van der Waals surface area contributed by atoms with E-state index < -0.39 is 10.0 Å². The Kier molecular flexibility index (Phi) is 3.03. The second-order valence-electron chi connectivity index (χ2n) is 4.92. The summed E-state index contributed by atoms with van der Waals surface area (Å²) in [5.41, 5.74) is -0.265. The molecule has 0 unspecified atom stereocenters. The van der Waals surface area contributed by atoms with Crippen molar-refractivity contribution < 1.29 is 13.2 Å². The molecule has 0 atom stereocenters. The molecule has 3 heterocycles. The first-order valence-electron chi connectivity index (χ1n) is 6.12. The molecule has 1 aromatic rings. The number of piperidine rings is 1. The van der Waals surface area contributed by atoms with E-state index in [0.717, 1.165) is 0 Å². The average Bonchev–Trinajstić information content (AvgIpc) is 3.01. The summed E-state index contributed by atoms with van der Waals surface area (Å²) in [4.78, 5) is 11.2. The molecule has 0 aliphatic carbocycles. The fourth-order valence-corrected chi connectivity index (χ4v) is 5.16. The van der Waals surface area contributed by atoms with E-state index in [4.69, 9.17) is 0 Å². The fourth-order valence-electron chi connectivity index (χ4n) is 2.57. The zero-order chi connectivity index (χ0) is 13.5. The van der Waals surface area contributed by atoms with Crippen LogP contribution < -0.4 is 10.6 Å². The van der Waals surface area contributed by atoms with Crippen LogP contribution in [0, 0.1) is 0 Å². The molecule has 2 aliphatic heterocycles. The lowest BCUT2D eigenvalue weighted by Gasteiger charge is -2.37. The summed E-state index contributed by atoms with van der Waals surface area (Å²) in [6.45, 7) is 1.48. The minimum Gasteiger partial charge on any atom is -0.336 e. The van der Waals surface area contributed by atoms with Crippen LogP contribution in [-0.4, -0.2) is 43.9 Å². The molecule has 0 bridgehead atoms. The number of rotatable bonds is 2. The summed E-state index contributed by atoms with van der Waals surface area (Å²) in [6.07, 6.45) is 1.30. The van der Waals surface area contributed by atoms with Crippen molar-refractivity contribution in [3.05, 3.63) is 17.5 Å². The summed E-state index contributed by atoms with van der Waals surface area (Å²) in [5.74, 6) is 0. The Labute approximate surface area is 115 Å². The van der Waals surface area contributed by atoms with Crippen LogP contribution in [0.25, 0.3) is 0 Å². The SMILES string of the molecule is O=C1NCC2(CCN(S(=O)(=O)c3cccs3)CC2)N1. The molecule has 0 saturated carbocycles. The number of amides is 2. The van der Waals surface area contributed by atoms with Crippen LogP contribution in [0.1, 0.15) is 12.8 Å². The van der Waals surface area contributed by atoms with Gasteiger partial charge in [-0.05, 0) is 24.3 Å². The number of thiophene rings is 1. The van der Waals surface area contributed by atoms with Gasteiger partial charge >= 0.3 is 6.03 Å². The zero-order valence-electron chi connectivity index (χ0n) is 10.3. The topological polar surface area (TPSA) is 78.5 Å². The van der Waals surface area contributed by atoms with Crippen molar-refractivity contribution in [2.75, 3.05) is 19.6 Å². The first kappa shape index (κ1) is 12.9. The zero-order valence-corrected chi connectivity index (χ0v) is 11.9. The van der Waals surface area contributed by atoms with Gasteiger partial charge in [-0.25, -0.2) is 13.2 Å². The van der Waals surface area contributed by atoms with E-state index in [-0.39, 0.29) is 11.6 Å². The summed E-state index contributed by atoms with van der Waals surface area (Å²) in [5, 5.41) is 7.42. The number of hydrogen-bond acceptors (Lipinski definition) is 4. The maximum Gasteiger partial charge on any atom is 0.315 e. The summed E-state index contributed by atoms with van der Waals surface area (Å²) >= 11 is 1.24. The molecule has 1 spiro atoms. The molecule has 8 heteroatoms. The van der Waals surface area contributed by atoms with Crippen LogP contribution in [0.4, 0.5) is 4.79 Å². The Balaban J connectivity index is 1.72. The highest BCUT2D eigenvalue weighted by atomic mass is 32.2. The number of nitrogens with zero attached hydrogens (tertiary/aromatic N) is 1. The highest BCUT2D eigenvalue weighted by Crippen LogP contribution is 2.29. The van der Waals surface area contributed by atoms with Crippen molar-refractivity contribution in [2.24, 2.45) is 0 Å². The average molecular weight is 301 g/mol. The number of sulfonamides is 1. The lowest BCUT2D eigenvalue weighted by Crippen LogP contribution is -2.53. The number of carbonyl (C=O) groups is 1. The minimum atomic E-state index is -3.36. The molecule has 1 aromatic heterocycles. The van der Waals surface area contributed by atoms with Crippen molar-refractivity contribution in [1.82, 2.24) is 14.9 Å². The van der Waals surface area contributed by atoms with E-state index in [2.05, 4.69) is 10.6 Å². The molecule has 3 rings (SSSR count). The Morgan fingerprint density at radius 2 is 2.05 bits per heavy atom. The van der Waals surface area contributed by atoms with Crippen LogP contribution in [0.15, 0.2) is 21.7 Å². The third kappa shape index (κ3) is 2.24. The maximum absolute atomic E-state index is 12.3. The van der Waals surface area contributed by atoms with Gasteiger partial charge in [-0.15, -0.1) is 11.3 Å². The van der Waals surface area contributed by atoms with Crippen molar-refractivity contribution >= 4 is 27.4 Å². The van der Waals surface area contributed by atoms with Gasteiger partial charge in [0.15, 0.2) is 0 Å². The third-order valence-corrected chi connectivity index (χ3v) is 7.01. The molecule has 2 N–H and O–H groups in total. The number of hydrogen-bond donors (Lipinski definition) is 2. The smallest absolute Gasteiger partial charge is 0.315 e. The third-order valence-electron chi connectivity index (χ3n) is 3.73. The van der Waals surface area contributed by atoms with E-state index >= 15 is 0 Å². The normalized spacial score (nSPS) is 23.3. The minimum absolute atomic E-state index is 0.158. The van der Waals surface area contributed by atoms with Gasteiger partial charge in [-0.1, -0.05) is 6.07 Å². The molecule has 6 nitrogen and oxygen atoms in total. The highest BCUT2D eigenvalue weighted by Gasteiger charge is 2.42. The second-order valence-corrected chi connectivity index (χ2v) is 8.04. The fraction of sp³-hybridized carbons (Fsp3) is 0.545. The van der Waals surface area contributed by atoms with Crippen LogP contribution >= 0.6 is 11.3 Å². The number of nitrogens with one attached hydrogen (secondary N) is 2. The van der Waals surface area contributed by atoms with Crippen molar-refractivity contribution in [3.63, 3.8) is 0 Å². The van der Waals surface area contributed by atoms with Crippen molar-refractivity contribution in [1.29, 1.82) is 0 Å². The first-order valence-corrected chi connectivity index (χ1v) is 8.44. The van der Waals surface area contributed by atoms with Crippen LogP contribution in [-0.2, 0) is 10.0 Å². The lowest BCUT2D eigenvalue weighted by atomic mass is 9.90. The van der Waals surface area contributed by atoms with E-state index in [9.17, 15) is 13.2 Å². The molecule has 2 saturated heterocycles.